The molecule has 5 heteroatoms. The Bertz CT molecular complexity index is 481. The van der Waals surface area contributed by atoms with E-state index in [1.54, 1.807) is 0 Å². The summed E-state index contributed by atoms with van der Waals surface area (Å²) in [5.41, 5.74) is 0. The fourth-order valence-electron chi connectivity index (χ4n) is 3.17. The molecule has 2 heterocycles. The van der Waals surface area contributed by atoms with E-state index in [4.69, 9.17) is 13.9 Å². The van der Waals surface area contributed by atoms with E-state index >= 15 is 0 Å². The molecule has 2 aliphatic heterocycles. The van der Waals surface area contributed by atoms with Gasteiger partial charge >= 0.3 is 5.97 Å². The highest BCUT2D eigenvalue weighted by Gasteiger charge is 2.43. The first-order valence-corrected chi connectivity index (χ1v) is 12.7. The largest absolute Gasteiger partial charge is 0.463 e. The van der Waals surface area contributed by atoms with Crippen molar-refractivity contribution in [2.45, 2.75) is 109 Å². The van der Waals surface area contributed by atoms with Crippen LogP contribution in [0.1, 0.15) is 66.2 Å². The van der Waals surface area contributed by atoms with E-state index in [1.807, 2.05) is 6.92 Å². The molecule has 0 unspecified atom stereocenters. The number of ether oxygens (including phenoxy) is 2. The lowest BCUT2D eigenvalue weighted by Gasteiger charge is -2.44. The number of allylic oxidation sites excluding steroid dienone is 1. The van der Waals surface area contributed by atoms with Crippen molar-refractivity contribution in [3.63, 3.8) is 0 Å². The van der Waals surface area contributed by atoms with Crippen LogP contribution in [0.25, 0.3) is 0 Å². The van der Waals surface area contributed by atoms with Crippen molar-refractivity contribution >= 4 is 14.3 Å². The van der Waals surface area contributed by atoms with Crippen LogP contribution in [-0.4, -0.2) is 38.7 Å². The second-order valence-corrected chi connectivity index (χ2v) is 13.8. The van der Waals surface area contributed by atoms with E-state index in [1.165, 1.54) is 0 Å². The molecule has 0 aromatic rings. The summed E-state index contributed by atoms with van der Waals surface area (Å²) < 4.78 is 18.4. The maximum absolute atomic E-state index is 12.4. The van der Waals surface area contributed by atoms with E-state index in [0.717, 1.165) is 32.1 Å². The van der Waals surface area contributed by atoms with Crippen molar-refractivity contribution in [3.8, 4) is 0 Å². The van der Waals surface area contributed by atoms with Crippen LogP contribution in [0.5, 0.6) is 0 Å². The fraction of sp³-hybridized carbons (Fsp3) is 0.850. The molecule has 0 aromatic carbocycles. The predicted molar refractivity (Wildman–Crippen MR) is 103 cm³/mol. The minimum atomic E-state index is -1.90. The van der Waals surface area contributed by atoms with Gasteiger partial charge in [0.1, 0.15) is 0 Å². The van der Waals surface area contributed by atoms with Gasteiger partial charge in [0.2, 0.25) is 0 Å². The van der Waals surface area contributed by atoms with Crippen molar-refractivity contribution in [2.75, 3.05) is 0 Å². The number of fused-ring (bicyclic) bond motifs is 2. The maximum Gasteiger partial charge on any atom is 0.308 e. The quantitative estimate of drug-likeness (QED) is 0.391. The second-order valence-electron chi connectivity index (χ2n) is 9.07. The van der Waals surface area contributed by atoms with E-state index in [2.05, 4.69) is 46.0 Å². The van der Waals surface area contributed by atoms with Crippen LogP contribution in [0.4, 0.5) is 0 Å². The molecular formula is C20H36O4Si. The molecule has 4 atom stereocenters. The molecule has 0 radical (unpaired) electrons. The Balaban J connectivity index is 2.13. The Morgan fingerprint density at radius 3 is 2.60 bits per heavy atom. The van der Waals surface area contributed by atoms with Crippen LogP contribution in [-0.2, 0) is 18.7 Å². The average Bonchev–Trinajstić information content (AvgIpc) is 2.46. The maximum atomic E-state index is 12.4. The van der Waals surface area contributed by atoms with Gasteiger partial charge in [-0.1, -0.05) is 32.9 Å². The minimum Gasteiger partial charge on any atom is -0.463 e. The topological polar surface area (TPSA) is 44.8 Å². The normalized spacial score (nSPS) is 33.8. The first kappa shape index (κ1) is 20.7. The van der Waals surface area contributed by atoms with Gasteiger partial charge < -0.3 is 13.9 Å². The van der Waals surface area contributed by atoms with Crippen molar-refractivity contribution < 1.29 is 18.7 Å². The highest BCUT2D eigenvalue weighted by molar-refractivity contribution is 6.74. The van der Waals surface area contributed by atoms with E-state index in [9.17, 15) is 4.79 Å². The molecular weight excluding hydrogens is 332 g/mol. The second kappa shape index (κ2) is 8.36. The van der Waals surface area contributed by atoms with Gasteiger partial charge in [0.25, 0.3) is 0 Å². The van der Waals surface area contributed by atoms with Crippen LogP contribution in [0.15, 0.2) is 12.2 Å². The molecule has 144 valence electrons. The van der Waals surface area contributed by atoms with Gasteiger partial charge in [0.15, 0.2) is 8.32 Å². The molecule has 1 fully saturated rings. The number of rotatable bonds is 2. The lowest BCUT2D eigenvalue weighted by Crippen LogP contribution is -2.50. The molecule has 0 spiro atoms. The molecule has 0 amide bonds. The Labute approximate surface area is 154 Å². The third kappa shape index (κ3) is 5.93. The Kier molecular flexibility index (Phi) is 6.91. The molecule has 25 heavy (non-hydrogen) atoms. The molecule has 2 aliphatic rings. The number of carbonyl (C=O) groups is 1. The van der Waals surface area contributed by atoms with Gasteiger partial charge in [-0.3, -0.25) is 4.79 Å². The predicted octanol–water partition coefficient (Wildman–Crippen LogP) is 4.99. The number of esters is 1. The standard InChI is InChI=1S/C20H36O4Si/c1-15-10-8-7-9-11-16-12-13-17(18(23-16)14-19(21)22-15)24-25(5,6)20(2,3)4/h9,11,15-18H,7-8,10,12-14H2,1-6H3/b11-9+/t15-,16-,17-,18-/m1/s1. The summed E-state index contributed by atoms with van der Waals surface area (Å²) in [6.07, 6.45) is 9.37. The third-order valence-corrected chi connectivity index (χ3v) is 10.3. The lowest BCUT2D eigenvalue weighted by molar-refractivity contribution is -0.159. The summed E-state index contributed by atoms with van der Waals surface area (Å²) in [5.74, 6) is -0.161. The highest BCUT2D eigenvalue weighted by Crippen LogP contribution is 2.39. The monoisotopic (exact) mass is 368 g/mol. The van der Waals surface area contributed by atoms with Crippen molar-refractivity contribution in [2.24, 2.45) is 0 Å². The van der Waals surface area contributed by atoms with Gasteiger partial charge in [-0.25, -0.2) is 0 Å². The van der Waals surface area contributed by atoms with Gasteiger partial charge in [-0.15, -0.1) is 0 Å². The summed E-state index contributed by atoms with van der Waals surface area (Å²) in [6, 6.07) is 0. The molecule has 1 saturated heterocycles. The SMILES string of the molecule is C[C@@H]1CCC/C=C/[C@@H]2CC[C@@H](O[Si](C)(C)C(C)(C)C)[C@@H](CC(=O)O1)O2. The van der Waals surface area contributed by atoms with Crippen molar-refractivity contribution in [1.82, 2.24) is 0 Å². The fourth-order valence-corrected chi connectivity index (χ4v) is 4.55. The van der Waals surface area contributed by atoms with Gasteiger partial charge in [-0.05, 0) is 57.2 Å². The van der Waals surface area contributed by atoms with Crippen LogP contribution in [0, 0.1) is 0 Å². The Morgan fingerprint density at radius 2 is 1.92 bits per heavy atom. The zero-order chi connectivity index (χ0) is 18.7. The van der Waals surface area contributed by atoms with E-state index in [-0.39, 0.29) is 41.8 Å². The smallest absolute Gasteiger partial charge is 0.308 e. The first-order chi connectivity index (χ1) is 11.6. The highest BCUT2D eigenvalue weighted by atomic mass is 28.4. The van der Waals surface area contributed by atoms with Crippen LogP contribution in [0.2, 0.25) is 18.1 Å². The molecule has 2 rings (SSSR count). The van der Waals surface area contributed by atoms with Crippen LogP contribution in [0.3, 0.4) is 0 Å². The summed E-state index contributed by atoms with van der Waals surface area (Å²) in [6.45, 7) is 13.2. The molecule has 4 nitrogen and oxygen atoms in total. The Morgan fingerprint density at radius 1 is 1.20 bits per heavy atom. The van der Waals surface area contributed by atoms with Crippen molar-refractivity contribution in [1.29, 1.82) is 0 Å². The van der Waals surface area contributed by atoms with E-state index in [0.29, 0.717) is 0 Å². The zero-order valence-electron chi connectivity index (χ0n) is 16.8. The molecule has 0 saturated carbocycles. The van der Waals surface area contributed by atoms with Gasteiger partial charge in [0.05, 0.1) is 30.8 Å². The third-order valence-electron chi connectivity index (χ3n) is 5.78. The Hall–Kier alpha value is -0.653. The zero-order valence-corrected chi connectivity index (χ0v) is 17.8. The summed E-state index contributed by atoms with van der Waals surface area (Å²) in [4.78, 5) is 12.4. The first-order valence-electron chi connectivity index (χ1n) is 9.78. The molecule has 0 aromatic heterocycles. The summed E-state index contributed by atoms with van der Waals surface area (Å²) >= 11 is 0. The lowest BCUT2D eigenvalue weighted by atomic mass is 9.98. The number of hydrogen-bond acceptors (Lipinski definition) is 4. The van der Waals surface area contributed by atoms with Crippen molar-refractivity contribution in [3.05, 3.63) is 12.2 Å². The van der Waals surface area contributed by atoms with E-state index < -0.39 is 8.32 Å². The molecule has 0 N–H and O–H groups in total. The van der Waals surface area contributed by atoms with Gasteiger partial charge in [0, 0.05) is 0 Å². The number of carbonyl (C=O) groups excluding carboxylic acids is 1. The minimum absolute atomic E-state index is 0.0173. The average molecular weight is 369 g/mol. The molecule has 0 aliphatic carbocycles. The molecule has 2 bridgehead atoms. The number of cyclic esters (lactones) is 1. The number of hydrogen-bond donors (Lipinski definition) is 0. The van der Waals surface area contributed by atoms with Crippen LogP contribution < -0.4 is 0 Å². The summed E-state index contributed by atoms with van der Waals surface area (Å²) in [7, 11) is -1.90. The van der Waals surface area contributed by atoms with Crippen LogP contribution >= 0.6 is 0 Å². The van der Waals surface area contributed by atoms with Gasteiger partial charge in [-0.2, -0.15) is 0 Å². The summed E-state index contributed by atoms with van der Waals surface area (Å²) in [5, 5.41) is 0.143.